The van der Waals surface area contributed by atoms with E-state index in [-0.39, 0.29) is 29.1 Å². The first kappa shape index (κ1) is 16.6. The number of rotatable bonds is 4. The molecule has 2 N–H and O–H groups in total. The summed E-state index contributed by atoms with van der Waals surface area (Å²) in [5.41, 5.74) is 0.920. The third-order valence-electron chi connectivity index (χ3n) is 3.61. The summed E-state index contributed by atoms with van der Waals surface area (Å²) < 4.78 is 27.4. The number of halogens is 2. The largest absolute Gasteiger partial charge is 0.506 e. The second kappa shape index (κ2) is 7.09. The van der Waals surface area contributed by atoms with Gasteiger partial charge < -0.3 is 10.4 Å². The van der Waals surface area contributed by atoms with Crippen molar-refractivity contribution in [2.24, 2.45) is 0 Å². The summed E-state index contributed by atoms with van der Waals surface area (Å²) in [5, 5.41) is 12.4. The number of hydrogen-bond donors (Lipinski definition) is 2. The van der Waals surface area contributed by atoms with E-state index in [1.807, 2.05) is 0 Å². The van der Waals surface area contributed by atoms with E-state index in [1.54, 1.807) is 12.1 Å². The van der Waals surface area contributed by atoms with Gasteiger partial charge in [-0.3, -0.25) is 9.78 Å². The standard InChI is InChI=1S/C19H14F2N2O2/c20-14-4-1-3-12(9-14)11-23-19(25)13-6-7-15(16(21)10-13)18-17(24)5-2-8-22-18/h1-10,24H,11H2,(H,23,25). The molecular weight excluding hydrogens is 326 g/mol. The minimum Gasteiger partial charge on any atom is -0.506 e. The first-order valence-corrected chi connectivity index (χ1v) is 7.51. The molecule has 0 saturated heterocycles. The molecule has 1 heterocycles. The van der Waals surface area contributed by atoms with E-state index in [1.165, 1.54) is 42.6 Å². The lowest BCUT2D eigenvalue weighted by Crippen LogP contribution is -2.23. The highest BCUT2D eigenvalue weighted by atomic mass is 19.1. The third kappa shape index (κ3) is 3.80. The summed E-state index contributed by atoms with van der Waals surface area (Å²) in [5.74, 6) is -1.70. The van der Waals surface area contributed by atoms with Crippen LogP contribution in [0.2, 0.25) is 0 Å². The second-order valence-corrected chi connectivity index (χ2v) is 5.38. The SMILES string of the molecule is O=C(NCc1cccc(F)c1)c1ccc(-c2ncccc2O)c(F)c1. The van der Waals surface area contributed by atoms with Gasteiger partial charge >= 0.3 is 0 Å². The lowest BCUT2D eigenvalue weighted by Gasteiger charge is -2.08. The van der Waals surface area contributed by atoms with E-state index in [0.29, 0.717) is 5.56 Å². The molecule has 6 heteroatoms. The van der Waals surface area contributed by atoms with Gasteiger partial charge in [0.1, 0.15) is 23.1 Å². The molecule has 0 fully saturated rings. The van der Waals surface area contributed by atoms with E-state index in [0.717, 1.165) is 6.07 Å². The van der Waals surface area contributed by atoms with Crippen LogP contribution < -0.4 is 5.32 Å². The molecule has 4 nitrogen and oxygen atoms in total. The Bertz CT molecular complexity index is 929. The predicted molar refractivity (Wildman–Crippen MR) is 88.9 cm³/mol. The third-order valence-corrected chi connectivity index (χ3v) is 3.61. The van der Waals surface area contributed by atoms with Crippen molar-refractivity contribution in [2.75, 3.05) is 0 Å². The number of carbonyl (C=O) groups is 1. The molecule has 2 aromatic carbocycles. The molecule has 0 unspecified atom stereocenters. The van der Waals surface area contributed by atoms with Crippen LogP contribution in [-0.4, -0.2) is 16.0 Å². The van der Waals surface area contributed by atoms with Gasteiger partial charge in [0, 0.05) is 23.9 Å². The zero-order chi connectivity index (χ0) is 17.8. The van der Waals surface area contributed by atoms with Crippen molar-refractivity contribution in [1.29, 1.82) is 0 Å². The molecular formula is C19H14F2N2O2. The molecule has 1 aromatic heterocycles. The number of carbonyl (C=O) groups excluding carboxylic acids is 1. The molecule has 0 aliphatic carbocycles. The number of nitrogens with one attached hydrogen (secondary N) is 1. The minimum absolute atomic E-state index is 0.0970. The van der Waals surface area contributed by atoms with E-state index in [4.69, 9.17) is 0 Å². The summed E-state index contributed by atoms with van der Waals surface area (Å²) in [7, 11) is 0. The van der Waals surface area contributed by atoms with Gasteiger partial charge in [-0.05, 0) is 48.0 Å². The maximum atomic E-state index is 14.3. The van der Waals surface area contributed by atoms with Crippen LogP contribution in [-0.2, 0) is 6.54 Å². The fourth-order valence-corrected chi connectivity index (χ4v) is 2.38. The zero-order valence-corrected chi connectivity index (χ0v) is 13.0. The van der Waals surface area contributed by atoms with Crippen molar-refractivity contribution >= 4 is 5.91 Å². The maximum absolute atomic E-state index is 14.3. The minimum atomic E-state index is -0.674. The Morgan fingerprint density at radius 1 is 1.08 bits per heavy atom. The Labute approximate surface area is 142 Å². The quantitative estimate of drug-likeness (QED) is 0.762. The molecule has 0 spiro atoms. The van der Waals surface area contributed by atoms with Crippen molar-refractivity contribution in [2.45, 2.75) is 6.54 Å². The van der Waals surface area contributed by atoms with Crippen LogP contribution in [0.15, 0.2) is 60.8 Å². The molecule has 0 bridgehead atoms. The molecule has 0 aliphatic heterocycles. The van der Waals surface area contributed by atoms with Crippen molar-refractivity contribution in [3.05, 3.63) is 83.6 Å². The molecule has 0 saturated carbocycles. The number of pyridine rings is 1. The highest BCUT2D eigenvalue weighted by molar-refractivity contribution is 5.94. The second-order valence-electron chi connectivity index (χ2n) is 5.38. The Hall–Kier alpha value is -3.28. The number of aromatic hydroxyl groups is 1. The lowest BCUT2D eigenvalue weighted by atomic mass is 10.1. The smallest absolute Gasteiger partial charge is 0.251 e. The summed E-state index contributed by atoms with van der Waals surface area (Å²) in [6.07, 6.45) is 1.44. The van der Waals surface area contributed by atoms with E-state index < -0.39 is 17.5 Å². The Morgan fingerprint density at radius 3 is 2.64 bits per heavy atom. The van der Waals surface area contributed by atoms with Gasteiger partial charge in [0.2, 0.25) is 0 Å². The van der Waals surface area contributed by atoms with Crippen molar-refractivity contribution < 1.29 is 18.7 Å². The number of nitrogens with zero attached hydrogens (tertiary/aromatic N) is 1. The zero-order valence-electron chi connectivity index (χ0n) is 13.0. The summed E-state index contributed by atoms with van der Waals surface area (Å²) >= 11 is 0. The molecule has 126 valence electrons. The summed E-state index contributed by atoms with van der Waals surface area (Å²) in [6.45, 7) is 0.126. The average molecular weight is 340 g/mol. The van der Waals surface area contributed by atoms with Crippen molar-refractivity contribution in [3.8, 4) is 17.0 Å². The van der Waals surface area contributed by atoms with Crippen LogP contribution >= 0.6 is 0 Å². The first-order chi connectivity index (χ1) is 12.0. The highest BCUT2D eigenvalue weighted by Gasteiger charge is 2.14. The van der Waals surface area contributed by atoms with Crippen LogP contribution in [0.5, 0.6) is 5.75 Å². The van der Waals surface area contributed by atoms with Crippen LogP contribution in [0.3, 0.4) is 0 Å². The highest BCUT2D eigenvalue weighted by Crippen LogP contribution is 2.28. The van der Waals surface area contributed by atoms with Crippen LogP contribution in [0.1, 0.15) is 15.9 Å². The van der Waals surface area contributed by atoms with Gasteiger partial charge in [-0.1, -0.05) is 12.1 Å². The summed E-state index contributed by atoms with van der Waals surface area (Å²) in [4.78, 5) is 16.1. The van der Waals surface area contributed by atoms with E-state index in [2.05, 4.69) is 10.3 Å². The number of aromatic nitrogens is 1. The predicted octanol–water partition coefficient (Wildman–Crippen LogP) is 3.66. The van der Waals surface area contributed by atoms with Crippen LogP contribution in [0, 0.1) is 11.6 Å². The number of benzene rings is 2. The fourth-order valence-electron chi connectivity index (χ4n) is 2.38. The van der Waals surface area contributed by atoms with Gasteiger partial charge in [-0.25, -0.2) is 8.78 Å². The molecule has 3 rings (SSSR count). The monoisotopic (exact) mass is 340 g/mol. The lowest BCUT2D eigenvalue weighted by molar-refractivity contribution is 0.0950. The average Bonchev–Trinajstić information content (AvgIpc) is 2.60. The molecule has 0 atom stereocenters. The number of hydrogen-bond acceptors (Lipinski definition) is 3. The van der Waals surface area contributed by atoms with Gasteiger partial charge in [-0.2, -0.15) is 0 Å². The number of amides is 1. The van der Waals surface area contributed by atoms with E-state index >= 15 is 0 Å². The van der Waals surface area contributed by atoms with Crippen molar-refractivity contribution in [3.63, 3.8) is 0 Å². The van der Waals surface area contributed by atoms with Crippen LogP contribution in [0.25, 0.3) is 11.3 Å². The Balaban J connectivity index is 1.76. The topological polar surface area (TPSA) is 62.2 Å². The van der Waals surface area contributed by atoms with E-state index in [9.17, 15) is 18.7 Å². The Morgan fingerprint density at radius 2 is 1.92 bits per heavy atom. The summed E-state index contributed by atoms with van der Waals surface area (Å²) in [6, 6.07) is 12.7. The van der Waals surface area contributed by atoms with Gasteiger partial charge in [0.25, 0.3) is 5.91 Å². The van der Waals surface area contributed by atoms with Gasteiger partial charge in [0.15, 0.2) is 0 Å². The fraction of sp³-hybridized carbons (Fsp3) is 0.0526. The molecule has 0 aliphatic rings. The van der Waals surface area contributed by atoms with Crippen LogP contribution in [0.4, 0.5) is 8.78 Å². The molecule has 0 radical (unpaired) electrons. The van der Waals surface area contributed by atoms with Crippen molar-refractivity contribution in [1.82, 2.24) is 10.3 Å². The van der Waals surface area contributed by atoms with Gasteiger partial charge in [0.05, 0.1) is 0 Å². The maximum Gasteiger partial charge on any atom is 0.251 e. The van der Waals surface area contributed by atoms with Gasteiger partial charge in [-0.15, -0.1) is 0 Å². The molecule has 3 aromatic rings. The first-order valence-electron chi connectivity index (χ1n) is 7.51. The Kier molecular flexibility index (Phi) is 4.70. The molecule has 25 heavy (non-hydrogen) atoms. The molecule has 1 amide bonds. The normalized spacial score (nSPS) is 10.5.